The molecule has 13 heteroatoms. The van der Waals surface area contributed by atoms with Gasteiger partial charge in [-0.1, -0.05) is 24.3 Å². The van der Waals surface area contributed by atoms with Crippen molar-refractivity contribution in [1.29, 1.82) is 0 Å². The number of hydrogen-bond acceptors (Lipinski definition) is 11. The summed E-state index contributed by atoms with van der Waals surface area (Å²) in [4.78, 5) is 17.5. The van der Waals surface area contributed by atoms with Crippen LogP contribution < -0.4 is 4.74 Å². The van der Waals surface area contributed by atoms with Gasteiger partial charge in [-0.3, -0.25) is 9.80 Å². The largest absolute Gasteiger partial charge is 0.504 e. The van der Waals surface area contributed by atoms with Crippen molar-refractivity contribution in [3.8, 4) is 17.2 Å². The molecule has 3 aromatic rings. The van der Waals surface area contributed by atoms with Crippen LogP contribution in [0.1, 0.15) is 44.8 Å². The summed E-state index contributed by atoms with van der Waals surface area (Å²) < 4.78 is 44.1. The molecule has 5 N–H and O–H groups in total. The second-order valence-electron chi connectivity index (χ2n) is 11.4. The van der Waals surface area contributed by atoms with Gasteiger partial charge in [0.2, 0.25) is 5.75 Å². The standard InChI is InChI=1S/C32H34F2N2O9/c1-43-30-25(38)20(22-23(27(30)40)29-31(45-32(22)42)28(41)26(39)21(15-37)44-29)14-35-10-12-36(13-11-35)24(16-2-6-18(33)7-3-16)17-4-8-19(34)9-5-17/h2-9,21,24,26,28-29,31,37-41H,10-15H2,1H3/t21-,26-,28+,29+,31-/m1/s1. The number of ether oxygens (including phenoxy) is 3. The number of esters is 1. The van der Waals surface area contributed by atoms with Crippen molar-refractivity contribution in [2.24, 2.45) is 0 Å². The first-order chi connectivity index (χ1) is 21.6. The van der Waals surface area contributed by atoms with E-state index in [9.17, 15) is 39.1 Å². The summed E-state index contributed by atoms with van der Waals surface area (Å²) in [5.41, 5.74) is 1.58. The maximum atomic E-state index is 13.7. The molecule has 0 bridgehead atoms. The van der Waals surface area contributed by atoms with Gasteiger partial charge in [-0.05, 0) is 35.4 Å². The van der Waals surface area contributed by atoms with Crippen LogP contribution in [0.25, 0.3) is 0 Å². The molecule has 0 spiro atoms. The minimum Gasteiger partial charge on any atom is -0.504 e. The average Bonchev–Trinajstić information content (AvgIpc) is 3.04. The summed E-state index contributed by atoms with van der Waals surface area (Å²) in [7, 11) is 1.24. The molecule has 0 aromatic heterocycles. The number of carbonyl (C=O) groups is 1. The Hall–Kier alpha value is -3.85. The minimum atomic E-state index is -1.61. The number of fused-ring (bicyclic) bond motifs is 3. The highest BCUT2D eigenvalue weighted by Crippen LogP contribution is 2.52. The molecule has 0 aliphatic carbocycles. The number of phenols is 2. The van der Waals surface area contributed by atoms with Gasteiger partial charge in [0.1, 0.15) is 36.1 Å². The van der Waals surface area contributed by atoms with Crippen molar-refractivity contribution >= 4 is 5.97 Å². The SMILES string of the molecule is COc1c(O)c(CN2CCN(C(c3ccc(F)cc3)c3ccc(F)cc3)CC2)c2c(c1O)[C@@H]1O[C@H](CO)[C@@H](O)[C@H](O)[C@H]1OC2=O. The molecular formula is C32H34F2N2O9. The zero-order chi connectivity index (χ0) is 32.0. The van der Waals surface area contributed by atoms with Crippen molar-refractivity contribution < 1.29 is 53.3 Å². The number of aliphatic hydroxyl groups is 3. The Labute approximate surface area is 257 Å². The van der Waals surface area contributed by atoms with Crippen LogP contribution in [0.5, 0.6) is 17.2 Å². The third-order valence-corrected chi connectivity index (χ3v) is 8.87. The minimum absolute atomic E-state index is 0.0531. The van der Waals surface area contributed by atoms with Crippen molar-refractivity contribution in [2.75, 3.05) is 39.9 Å². The van der Waals surface area contributed by atoms with E-state index >= 15 is 0 Å². The van der Waals surface area contributed by atoms with Crippen molar-refractivity contribution in [3.05, 3.63) is 88.0 Å². The van der Waals surface area contributed by atoms with Gasteiger partial charge in [-0.2, -0.15) is 0 Å². The molecule has 0 saturated carbocycles. The lowest BCUT2D eigenvalue weighted by atomic mass is 9.84. The first kappa shape index (κ1) is 31.1. The van der Waals surface area contributed by atoms with Gasteiger partial charge in [0.05, 0.1) is 25.3 Å². The van der Waals surface area contributed by atoms with Crippen LogP contribution in [0.15, 0.2) is 48.5 Å². The van der Waals surface area contributed by atoms with E-state index in [0.717, 1.165) is 11.1 Å². The second-order valence-corrected chi connectivity index (χ2v) is 11.4. The predicted molar refractivity (Wildman–Crippen MR) is 154 cm³/mol. The van der Waals surface area contributed by atoms with Gasteiger partial charge in [-0.15, -0.1) is 0 Å². The molecule has 3 aliphatic rings. The molecule has 0 unspecified atom stereocenters. The summed E-state index contributed by atoms with van der Waals surface area (Å²) in [6.07, 6.45) is -7.02. The highest BCUT2D eigenvalue weighted by atomic mass is 19.1. The third kappa shape index (κ3) is 5.60. The number of methoxy groups -OCH3 is 1. The van der Waals surface area contributed by atoms with E-state index in [1.54, 1.807) is 24.3 Å². The molecule has 240 valence electrons. The fraction of sp³-hybridized carbons (Fsp3) is 0.406. The number of aromatic hydroxyl groups is 2. The van der Waals surface area contributed by atoms with Crippen LogP contribution in [0.2, 0.25) is 0 Å². The molecule has 3 aromatic carbocycles. The van der Waals surface area contributed by atoms with Gasteiger partial charge in [-0.25, -0.2) is 13.6 Å². The van der Waals surface area contributed by atoms with Crippen molar-refractivity contribution in [2.45, 2.75) is 43.1 Å². The Kier molecular flexibility index (Phi) is 8.66. The highest BCUT2D eigenvalue weighted by Gasteiger charge is 2.53. The molecule has 2 fully saturated rings. The number of piperazine rings is 1. The number of benzene rings is 3. The van der Waals surface area contributed by atoms with Gasteiger partial charge < -0.3 is 39.7 Å². The zero-order valence-electron chi connectivity index (χ0n) is 24.3. The van der Waals surface area contributed by atoms with E-state index in [1.807, 2.05) is 4.90 Å². The van der Waals surface area contributed by atoms with E-state index in [0.29, 0.717) is 26.2 Å². The predicted octanol–water partition coefficient (Wildman–Crippen LogP) is 1.98. The quantitative estimate of drug-likeness (QED) is 0.244. The van der Waals surface area contributed by atoms with Crippen molar-refractivity contribution in [3.63, 3.8) is 0 Å². The van der Waals surface area contributed by atoms with Crippen LogP contribution in [-0.4, -0.2) is 106 Å². The van der Waals surface area contributed by atoms with E-state index in [1.165, 1.54) is 31.4 Å². The lowest BCUT2D eigenvalue weighted by Crippen LogP contribution is -2.58. The molecule has 6 rings (SSSR count). The molecule has 11 nitrogen and oxygen atoms in total. The Morgan fingerprint density at radius 1 is 0.911 bits per heavy atom. The average molecular weight is 629 g/mol. The number of halogens is 2. The smallest absolute Gasteiger partial charge is 0.339 e. The molecule has 2 saturated heterocycles. The Bertz CT molecular complexity index is 1500. The van der Waals surface area contributed by atoms with E-state index < -0.39 is 54.6 Å². The molecule has 0 amide bonds. The number of carbonyl (C=O) groups excluding carboxylic acids is 1. The molecule has 0 radical (unpaired) electrons. The van der Waals surface area contributed by atoms with Crippen LogP contribution in [0, 0.1) is 11.6 Å². The number of nitrogens with zero attached hydrogens (tertiary/aromatic N) is 2. The zero-order valence-corrected chi connectivity index (χ0v) is 24.3. The lowest BCUT2D eigenvalue weighted by Gasteiger charge is -2.45. The van der Waals surface area contributed by atoms with Crippen LogP contribution in [0.4, 0.5) is 8.78 Å². The topological polar surface area (TPSA) is 152 Å². The first-order valence-corrected chi connectivity index (χ1v) is 14.6. The fourth-order valence-corrected chi connectivity index (χ4v) is 6.57. The fourth-order valence-electron chi connectivity index (χ4n) is 6.57. The summed E-state index contributed by atoms with van der Waals surface area (Å²) in [5, 5.41) is 53.0. The summed E-state index contributed by atoms with van der Waals surface area (Å²) in [6.45, 7) is 1.42. The number of aliphatic hydroxyl groups excluding tert-OH is 3. The monoisotopic (exact) mass is 628 g/mol. The van der Waals surface area contributed by atoms with Crippen LogP contribution in [0.3, 0.4) is 0 Å². The maximum Gasteiger partial charge on any atom is 0.339 e. The number of phenolic OH excluding ortho intramolecular Hbond substituents is 2. The summed E-state index contributed by atoms with van der Waals surface area (Å²) in [6, 6.07) is 12.1. The van der Waals surface area contributed by atoms with Gasteiger partial charge >= 0.3 is 5.97 Å². The molecule has 5 atom stereocenters. The lowest BCUT2D eigenvalue weighted by molar-refractivity contribution is -0.235. The Morgan fingerprint density at radius 3 is 2.02 bits per heavy atom. The van der Waals surface area contributed by atoms with E-state index in [-0.39, 0.29) is 46.7 Å². The summed E-state index contributed by atoms with van der Waals surface area (Å²) >= 11 is 0. The number of rotatable bonds is 7. The molecule has 45 heavy (non-hydrogen) atoms. The molecular weight excluding hydrogens is 594 g/mol. The van der Waals surface area contributed by atoms with Crippen LogP contribution >= 0.6 is 0 Å². The normalized spacial score (nSPS) is 25.5. The van der Waals surface area contributed by atoms with E-state index in [2.05, 4.69) is 4.90 Å². The maximum absolute atomic E-state index is 13.7. The van der Waals surface area contributed by atoms with E-state index in [4.69, 9.17) is 14.2 Å². The Balaban J connectivity index is 1.29. The second kappa shape index (κ2) is 12.5. The number of hydrogen-bond donors (Lipinski definition) is 5. The summed E-state index contributed by atoms with van der Waals surface area (Å²) in [5.74, 6) is -3.00. The van der Waals surface area contributed by atoms with Gasteiger partial charge in [0.15, 0.2) is 17.6 Å². The van der Waals surface area contributed by atoms with Gasteiger partial charge in [0.25, 0.3) is 0 Å². The highest BCUT2D eigenvalue weighted by molar-refractivity contribution is 5.97. The molecule has 3 heterocycles. The first-order valence-electron chi connectivity index (χ1n) is 14.6. The van der Waals surface area contributed by atoms with Gasteiger partial charge in [0, 0.05) is 43.9 Å². The third-order valence-electron chi connectivity index (χ3n) is 8.87. The van der Waals surface area contributed by atoms with Crippen molar-refractivity contribution in [1.82, 2.24) is 9.80 Å². The Morgan fingerprint density at radius 2 is 1.49 bits per heavy atom. The molecule has 3 aliphatic heterocycles. The van der Waals surface area contributed by atoms with Crippen LogP contribution in [-0.2, 0) is 16.0 Å².